The molecule has 0 atom stereocenters. The van der Waals surface area contributed by atoms with Crippen molar-refractivity contribution >= 4 is 152 Å². The summed E-state index contributed by atoms with van der Waals surface area (Å²) in [5, 5.41) is 79.9. The van der Waals surface area contributed by atoms with Crippen LogP contribution in [0.25, 0.3) is 21.5 Å². The van der Waals surface area contributed by atoms with Crippen molar-refractivity contribution in [1.29, 1.82) is 0 Å². The molecule has 7 aromatic rings. The van der Waals surface area contributed by atoms with Crippen LogP contribution in [0.4, 0.5) is 56.9 Å². The van der Waals surface area contributed by atoms with E-state index in [4.69, 9.17) is 31.0 Å². The van der Waals surface area contributed by atoms with Crippen molar-refractivity contribution < 1.29 is 112 Å². The molecule has 0 heterocycles. The van der Waals surface area contributed by atoms with Crippen molar-refractivity contribution in [1.82, 2.24) is 0 Å². The highest BCUT2D eigenvalue weighted by Crippen LogP contribution is 2.48. The molecule has 0 spiro atoms. The number of benzene rings is 7. The number of hydrogen-bond donors (Lipinski definition) is 9. The van der Waals surface area contributed by atoms with Crippen LogP contribution >= 0.6 is 0 Å². The highest BCUT2D eigenvalue weighted by molar-refractivity contribution is 7.87. The number of phenols is 2. The van der Waals surface area contributed by atoms with Crippen molar-refractivity contribution in [3.63, 3.8) is 0 Å². The predicted molar refractivity (Wildman–Crippen MR) is 271 cm³/mol. The number of carboxylic acid groups (broad SMARTS) is 2. The van der Waals surface area contributed by atoms with Crippen molar-refractivity contribution in [2.75, 3.05) is 5.73 Å². The molecule has 0 aliphatic heterocycles. The quantitative estimate of drug-likeness (QED) is 0.0165. The van der Waals surface area contributed by atoms with Gasteiger partial charge >= 0.3 is 33.2 Å². The van der Waals surface area contributed by atoms with Crippen LogP contribution in [0.15, 0.2) is 158 Å². The Morgan fingerprint density at radius 1 is 0.463 bits per heavy atom. The lowest BCUT2D eigenvalue weighted by molar-refractivity contribution is -0.385. The van der Waals surface area contributed by atoms with E-state index >= 15 is 0 Å². The SMILES string of the molecule is Nc1c(N=Nc2ccc3c(O)c(N=Nc4ccc(N=Nc5cc(C(=O)O)cc(C(=O)O)c5)cc4)c(S(=O)(=O)O)cc3c2S(=O)(=O)O)cc(S(=O)(=O)O)c2ccc(N=Nc3ccc([N+](=O)[O-])cc3S(=O)(=O)O)c(O)c12.O=S(=O)=O.O=S(=O)=O. The Bertz CT molecular complexity index is 4650. The van der Waals surface area contributed by atoms with E-state index in [-0.39, 0.29) is 28.2 Å². The van der Waals surface area contributed by atoms with E-state index in [9.17, 15) is 92.0 Å². The predicted octanol–water partition coefficient (Wildman–Crippen LogP) is 6.93. The number of azo groups is 4. The van der Waals surface area contributed by atoms with Crippen LogP contribution in [-0.4, -0.2) is 114 Å². The van der Waals surface area contributed by atoms with E-state index in [0.717, 1.165) is 54.6 Å². The molecule has 0 aliphatic rings. The first-order valence-corrected chi connectivity index (χ1v) is 28.2. The fourth-order valence-electron chi connectivity index (χ4n) is 6.71. The Labute approximate surface area is 457 Å². The van der Waals surface area contributed by atoms with Gasteiger partial charge in [-0.2, -0.15) is 49.0 Å². The number of nitrogen functional groups attached to an aromatic ring is 1. The number of aromatic carboxylic acids is 2. The molecule has 0 amide bonds. The number of hydrogen-bond acceptors (Lipinski definition) is 29. The molecule has 82 heavy (non-hydrogen) atoms. The van der Waals surface area contributed by atoms with Gasteiger partial charge in [-0.1, -0.05) is 6.07 Å². The van der Waals surface area contributed by atoms with Crippen LogP contribution < -0.4 is 5.73 Å². The smallest absolute Gasteiger partial charge is 0.425 e. The first kappa shape index (κ1) is 62.9. The van der Waals surface area contributed by atoms with Gasteiger partial charge in [0.15, 0.2) is 11.5 Å². The average molecular weight is 1260 g/mol. The lowest BCUT2D eigenvalue weighted by Crippen LogP contribution is -2.03. The number of nitrogens with two attached hydrogens (primary N) is 1. The van der Waals surface area contributed by atoms with Gasteiger partial charge < -0.3 is 26.2 Å². The van der Waals surface area contributed by atoms with Crippen LogP contribution in [0.5, 0.6) is 11.5 Å². The van der Waals surface area contributed by atoms with Crippen LogP contribution in [-0.2, 0) is 61.7 Å². The van der Waals surface area contributed by atoms with Gasteiger partial charge in [0, 0.05) is 28.3 Å². The Hall–Kier alpha value is -9.92. The lowest BCUT2D eigenvalue weighted by atomic mass is 10.1. The molecule has 10 N–H and O–H groups in total. The molecule has 0 unspecified atom stereocenters. The summed E-state index contributed by atoms with van der Waals surface area (Å²) in [4.78, 5) is 28.4. The molecule has 7 rings (SSSR count). The summed E-state index contributed by atoms with van der Waals surface area (Å²) < 4.78 is 192. The summed E-state index contributed by atoms with van der Waals surface area (Å²) in [6, 6.07) is 14.8. The average Bonchev–Trinajstić information content (AvgIpc) is 3.52. The van der Waals surface area contributed by atoms with Gasteiger partial charge in [-0.3, -0.25) is 28.3 Å². The van der Waals surface area contributed by atoms with Crippen molar-refractivity contribution in [3.05, 3.63) is 118 Å². The number of carbonyl (C=O) groups is 2. The van der Waals surface area contributed by atoms with E-state index in [2.05, 4.69) is 40.9 Å². The third-order valence-corrected chi connectivity index (χ3v) is 13.6. The third-order valence-electron chi connectivity index (χ3n) is 9.98. The molecule has 7 aromatic carbocycles. The Morgan fingerprint density at radius 2 is 0.902 bits per heavy atom. The maximum absolute atomic E-state index is 13.0. The van der Waals surface area contributed by atoms with Gasteiger partial charge in [0.05, 0.1) is 44.2 Å². The van der Waals surface area contributed by atoms with Gasteiger partial charge in [0.1, 0.15) is 48.0 Å². The van der Waals surface area contributed by atoms with E-state index in [1.807, 2.05) is 0 Å². The van der Waals surface area contributed by atoms with Crippen molar-refractivity contribution in [2.24, 2.45) is 40.9 Å². The summed E-state index contributed by atoms with van der Waals surface area (Å²) in [6.07, 6.45) is 0. The lowest BCUT2D eigenvalue weighted by Gasteiger charge is -2.13. The molecule has 428 valence electrons. The zero-order valence-corrected chi connectivity index (χ0v) is 44.1. The van der Waals surface area contributed by atoms with Crippen LogP contribution in [0.1, 0.15) is 20.7 Å². The molecule has 0 aliphatic carbocycles. The Morgan fingerprint density at radius 3 is 1.39 bits per heavy atom. The normalized spacial score (nSPS) is 12.1. The summed E-state index contributed by atoms with van der Waals surface area (Å²) in [5.74, 6) is -5.01. The largest absolute Gasteiger partial charge is 0.505 e. The zero-order chi connectivity index (χ0) is 61.6. The van der Waals surface area contributed by atoms with E-state index in [1.165, 1.54) is 24.3 Å². The second-order valence-corrected chi connectivity index (χ2v) is 21.5. The summed E-state index contributed by atoms with van der Waals surface area (Å²) in [5.41, 5.74) is 0.122. The van der Waals surface area contributed by atoms with Gasteiger partial charge in [0.2, 0.25) is 0 Å². The maximum Gasteiger partial charge on any atom is 0.425 e. The third kappa shape index (κ3) is 15.5. The second kappa shape index (κ2) is 24.6. The summed E-state index contributed by atoms with van der Waals surface area (Å²) in [7, 11) is -27.7. The molecule has 0 saturated heterocycles. The first-order chi connectivity index (χ1) is 37.9. The monoisotopic (exact) mass is 1250 g/mol. The number of anilines is 1. The fraction of sp³-hybridized carbons (Fsp3) is 0. The van der Waals surface area contributed by atoms with E-state index in [1.54, 1.807) is 0 Å². The number of nitrogens with zero attached hydrogens (tertiary/aromatic N) is 9. The number of non-ortho nitro benzene ring substituents is 1. The zero-order valence-electron chi connectivity index (χ0n) is 39.2. The molecule has 36 nitrogen and oxygen atoms in total. The van der Waals surface area contributed by atoms with Crippen LogP contribution in [0.2, 0.25) is 0 Å². The molecule has 0 fully saturated rings. The molecule has 0 saturated carbocycles. The highest BCUT2D eigenvalue weighted by atomic mass is 32.2. The number of carboxylic acids is 2. The van der Waals surface area contributed by atoms with Gasteiger partial charge in [-0.25, -0.2) is 9.59 Å². The Kier molecular flexibility index (Phi) is 18.9. The molecule has 0 bridgehead atoms. The minimum Gasteiger partial charge on any atom is -0.505 e. The first-order valence-electron chi connectivity index (χ1n) is 20.4. The fourth-order valence-corrected chi connectivity index (χ4v) is 9.53. The van der Waals surface area contributed by atoms with Gasteiger partial charge in [-0.15, -0.1) is 50.8 Å². The molecule has 0 radical (unpaired) electrons. The standard InChI is InChI=1S/C40H26N10O20S4.2O3S/c41-34-29(16-30(71(59,60)61)24-7-9-27(37(52)33(24)34)46-45-26-8-5-22(50(57)58)14-31(26)72(62,63)64)48-47-28-10-6-23-25(38(28)74(68,69)70)15-32(73(65,66)67)35(36(23)51)49-43-20-3-1-19(2-4-20)42-44-21-12-17(39(53)54)11-18(13-21)40(55)56;2*1-4(2)3/h1-16,51-52H,41H2,(H,53,54)(H,55,56)(H,59,60,61)(H,62,63,64)(H,65,66,67)(H,68,69,70);;. The topological polar surface area (TPSA) is 603 Å². The number of phenolic OH excluding ortho intramolecular Hbond substituents is 2. The second-order valence-electron chi connectivity index (χ2n) is 15.2. The van der Waals surface area contributed by atoms with Crippen LogP contribution in [0, 0.1) is 10.1 Å². The summed E-state index contributed by atoms with van der Waals surface area (Å²) >= 11 is 0. The molecular weight excluding hydrogens is 1230 g/mol. The van der Waals surface area contributed by atoms with E-state index < -0.39 is 171 Å². The Balaban J connectivity index is 0.00000144. The number of nitro groups is 1. The number of fused-ring (bicyclic) bond motifs is 2. The molecule has 42 heteroatoms. The minimum absolute atomic E-state index is 0.0595. The van der Waals surface area contributed by atoms with Gasteiger partial charge in [0.25, 0.3) is 46.2 Å². The van der Waals surface area contributed by atoms with Crippen molar-refractivity contribution in [3.8, 4) is 11.5 Å². The van der Waals surface area contributed by atoms with E-state index in [0.29, 0.717) is 18.2 Å². The molecular formula is C40H26N10O26S6. The minimum atomic E-state index is -5.57. The number of nitro benzene ring substituents is 1. The molecule has 0 aromatic heterocycles. The van der Waals surface area contributed by atoms with Crippen LogP contribution in [0.3, 0.4) is 0 Å². The maximum atomic E-state index is 13.0. The number of aromatic hydroxyl groups is 2. The highest BCUT2D eigenvalue weighted by Gasteiger charge is 2.29. The van der Waals surface area contributed by atoms with Crippen molar-refractivity contribution in [2.45, 2.75) is 19.6 Å². The summed E-state index contributed by atoms with van der Waals surface area (Å²) in [6.45, 7) is 0. The number of rotatable bonds is 15. The van der Waals surface area contributed by atoms with Gasteiger partial charge in [-0.05, 0) is 78.9 Å².